The van der Waals surface area contributed by atoms with E-state index in [0.29, 0.717) is 11.6 Å². The van der Waals surface area contributed by atoms with Crippen LogP contribution in [0.2, 0.25) is 0 Å². The molecule has 0 saturated heterocycles. The Labute approximate surface area is 124 Å². The second-order valence-corrected chi connectivity index (χ2v) is 5.88. The van der Waals surface area contributed by atoms with Crippen LogP contribution in [0, 0.1) is 0 Å². The van der Waals surface area contributed by atoms with E-state index in [1.807, 2.05) is 24.3 Å². The molecular formula is C16H20N2OS. The lowest BCUT2D eigenvalue weighted by Crippen LogP contribution is -2.21. The molecule has 20 heavy (non-hydrogen) atoms. The molecule has 0 bridgehead atoms. The smallest absolute Gasteiger partial charge is 0.253 e. The van der Waals surface area contributed by atoms with Gasteiger partial charge in [0.25, 0.3) is 5.91 Å². The van der Waals surface area contributed by atoms with Crippen LogP contribution in [0.25, 0.3) is 0 Å². The zero-order valence-corrected chi connectivity index (χ0v) is 12.9. The van der Waals surface area contributed by atoms with Crippen LogP contribution in [0.3, 0.4) is 0 Å². The van der Waals surface area contributed by atoms with Crippen molar-refractivity contribution in [3.8, 4) is 0 Å². The van der Waals surface area contributed by atoms with Gasteiger partial charge in [0.15, 0.2) is 0 Å². The number of thiophene rings is 1. The van der Waals surface area contributed by atoms with Gasteiger partial charge in [0, 0.05) is 30.2 Å². The monoisotopic (exact) mass is 288 g/mol. The summed E-state index contributed by atoms with van der Waals surface area (Å²) in [6.45, 7) is 2.16. The van der Waals surface area contributed by atoms with Gasteiger partial charge in [-0.2, -0.15) is 0 Å². The molecule has 1 aromatic carbocycles. The van der Waals surface area contributed by atoms with E-state index >= 15 is 0 Å². The highest BCUT2D eigenvalue weighted by atomic mass is 32.1. The predicted octanol–water partition coefficient (Wildman–Crippen LogP) is 4.01. The van der Waals surface area contributed by atoms with Crippen LogP contribution in [0.15, 0.2) is 41.8 Å². The van der Waals surface area contributed by atoms with E-state index in [1.165, 1.54) is 4.88 Å². The zero-order chi connectivity index (χ0) is 14.5. The fourth-order valence-corrected chi connectivity index (χ4v) is 2.93. The highest BCUT2D eigenvalue weighted by Crippen LogP contribution is 2.26. The van der Waals surface area contributed by atoms with Crippen molar-refractivity contribution in [2.24, 2.45) is 0 Å². The molecular weight excluding hydrogens is 268 g/mol. The SMILES string of the molecule is CCC(Nc1cccc(C(=O)N(C)C)c1)c1cccs1. The van der Waals surface area contributed by atoms with Crippen molar-refractivity contribution < 1.29 is 4.79 Å². The van der Waals surface area contributed by atoms with Gasteiger partial charge in [-0.05, 0) is 36.1 Å². The molecule has 1 N–H and O–H groups in total. The molecule has 1 heterocycles. The van der Waals surface area contributed by atoms with Gasteiger partial charge in [-0.3, -0.25) is 4.79 Å². The molecule has 1 unspecified atom stereocenters. The predicted molar refractivity (Wildman–Crippen MR) is 85.4 cm³/mol. The first kappa shape index (κ1) is 14.6. The fraction of sp³-hybridized carbons (Fsp3) is 0.312. The van der Waals surface area contributed by atoms with Crippen molar-refractivity contribution in [1.82, 2.24) is 4.90 Å². The number of rotatable bonds is 5. The van der Waals surface area contributed by atoms with Gasteiger partial charge in [0.05, 0.1) is 6.04 Å². The third kappa shape index (κ3) is 3.39. The molecule has 1 atom stereocenters. The third-order valence-corrected chi connectivity index (χ3v) is 4.14. The molecule has 0 aliphatic rings. The molecule has 2 aromatic rings. The molecule has 1 amide bonds. The molecule has 4 heteroatoms. The summed E-state index contributed by atoms with van der Waals surface area (Å²) in [7, 11) is 3.53. The molecule has 106 valence electrons. The molecule has 0 aliphatic carbocycles. The number of anilines is 1. The standard InChI is InChI=1S/C16H20N2OS/c1-4-14(15-9-6-10-20-15)17-13-8-5-7-12(11-13)16(19)18(2)3/h5-11,14,17H,4H2,1-3H3. The lowest BCUT2D eigenvalue weighted by Gasteiger charge is -2.18. The second-order valence-electron chi connectivity index (χ2n) is 4.90. The van der Waals surface area contributed by atoms with Crippen LogP contribution in [-0.2, 0) is 0 Å². The summed E-state index contributed by atoms with van der Waals surface area (Å²) >= 11 is 1.75. The van der Waals surface area contributed by atoms with Crippen LogP contribution in [-0.4, -0.2) is 24.9 Å². The number of nitrogens with zero attached hydrogens (tertiary/aromatic N) is 1. The lowest BCUT2D eigenvalue weighted by atomic mass is 10.1. The maximum atomic E-state index is 12.0. The minimum atomic E-state index is 0.0258. The number of amides is 1. The van der Waals surface area contributed by atoms with Gasteiger partial charge in [0.1, 0.15) is 0 Å². The van der Waals surface area contributed by atoms with Crippen molar-refractivity contribution >= 4 is 22.9 Å². The van der Waals surface area contributed by atoms with E-state index in [9.17, 15) is 4.79 Å². The number of carbonyl (C=O) groups excluding carboxylic acids is 1. The third-order valence-electron chi connectivity index (χ3n) is 3.15. The molecule has 1 aromatic heterocycles. The molecule has 2 rings (SSSR count). The van der Waals surface area contributed by atoms with Gasteiger partial charge in [0.2, 0.25) is 0 Å². The van der Waals surface area contributed by atoms with Crippen molar-refractivity contribution in [2.45, 2.75) is 19.4 Å². The van der Waals surface area contributed by atoms with Crippen molar-refractivity contribution in [3.05, 3.63) is 52.2 Å². The Kier molecular flexibility index (Phi) is 4.79. The molecule has 3 nitrogen and oxygen atoms in total. The van der Waals surface area contributed by atoms with E-state index in [1.54, 1.807) is 30.3 Å². The minimum absolute atomic E-state index is 0.0258. The maximum Gasteiger partial charge on any atom is 0.253 e. The first-order valence-corrected chi connectivity index (χ1v) is 7.61. The molecule has 0 saturated carbocycles. The van der Waals surface area contributed by atoms with E-state index in [4.69, 9.17) is 0 Å². The maximum absolute atomic E-state index is 12.0. The van der Waals surface area contributed by atoms with Crippen LogP contribution in [0.5, 0.6) is 0 Å². The summed E-state index contributed by atoms with van der Waals surface area (Å²) in [6, 6.07) is 12.2. The first-order valence-electron chi connectivity index (χ1n) is 6.73. The van der Waals surface area contributed by atoms with Gasteiger partial charge in [-0.1, -0.05) is 19.1 Å². The highest BCUT2D eigenvalue weighted by molar-refractivity contribution is 7.10. The Morgan fingerprint density at radius 3 is 2.70 bits per heavy atom. The topological polar surface area (TPSA) is 32.3 Å². The Morgan fingerprint density at radius 1 is 1.30 bits per heavy atom. The van der Waals surface area contributed by atoms with Gasteiger partial charge >= 0.3 is 0 Å². The number of hydrogen-bond acceptors (Lipinski definition) is 3. The number of nitrogens with one attached hydrogen (secondary N) is 1. The van der Waals surface area contributed by atoms with Crippen molar-refractivity contribution in [1.29, 1.82) is 0 Å². The van der Waals surface area contributed by atoms with Gasteiger partial charge < -0.3 is 10.2 Å². The Bertz CT molecular complexity index is 564. The second kappa shape index (κ2) is 6.57. The summed E-state index contributed by atoms with van der Waals surface area (Å²) in [4.78, 5) is 14.9. The van der Waals surface area contributed by atoms with E-state index in [2.05, 4.69) is 29.8 Å². The summed E-state index contributed by atoms with van der Waals surface area (Å²) in [6.07, 6.45) is 1.01. The van der Waals surface area contributed by atoms with Crippen LogP contribution in [0.1, 0.15) is 34.6 Å². The first-order chi connectivity index (χ1) is 9.61. The number of benzene rings is 1. The Balaban J connectivity index is 2.17. The average Bonchev–Trinajstić information content (AvgIpc) is 2.98. The summed E-state index contributed by atoms with van der Waals surface area (Å²) in [5, 5.41) is 5.59. The van der Waals surface area contributed by atoms with Crippen molar-refractivity contribution in [3.63, 3.8) is 0 Å². The van der Waals surface area contributed by atoms with E-state index in [0.717, 1.165) is 12.1 Å². The summed E-state index contributed by atoms with van der Waals surface area (Å²) < 4.78 is 0. The van der Waals surface area contributed by atoms with E-state index in [-0.39, 0.29) is 5.91 Å². The van der Waals surface area contributed by atoms with Crippen LogP contribution in [0.4, 0.5) is 5.69 Å². The van der Waals surface area contributed by atoms with Crippen molar-refractivity contribution in [2.75, 3.05) is 19.4 Å². The highest BCUT2D eigenvalue weighted by Gasteiger charge is 2.12. The Hall–Kier alpha value is -1.81. The summed E-state index contributed by atoms with van der Waals surface area (Å²) in [5.74, 6) is 0.0258. The van der Waals surface area contributed by atoms with E-state index < -0.39 is 0 Å². The molecule has 0 radical (unpaired) electrons. The number of carbonyl (C=O) groups is 1. The zero-order valence-electron chi connectivity index (χ0n) is 12.1. The summed E-state index contributed by atoms with van der Waals surface area (Å²) in [5.41, 5.74) is 1.69. The quantitative estimate of drug-likeness (QED) is 0.901. The molecule has 0 aliphatic heterocycles. The lowest BCUT2D eigenvalue weighted by molar-refractivity contribution is 0.0827. The molecule has 0 spiro atoms. The Morgan fingerprint density at radius 2 is 2.10 bits per heavy atom. The molecule has 0 fully saturated rings. The normalized spacial score (nSPS) is 11.9. The largest absolute Gasteiger partial charge is 0.377 e. The van der Waals surface area contributed by atoms with Gasteiger partial charge in [-0.25, -0.2) is 0 Å². The fourth-order valence-electron chi connectivity index (χ4n) is 2.07. The van der Waals surface area contributed by atoms with Crippen LogP contribution >= 0.6 is 11.3 Å². The minimum Gasteiger partial charge on any atom is -0.377 e. The average molecular weight is 288 g/mol. The van der Waals surface area contributed by atoms with Gasteiger partial charge in [-0.15, -0.1) is 11.3 Å². The van der Waals surface area contributed by atoms with Crippen LogP contribution < -0.4 is 5.32 Å². The number of hydrogen-bond donors (Lipinski definition) is 1.